The minimum absolute atomic E-state index is 0.665. The van der Waals surface area contributed by atoms with Gasteiger partial charge < -0.3 is 0 Å². The highest BCUT2D eigenvalue weighted by molar-refractivity contribution is 5.21. The van der Waals surface area contributed by atoms with Gasteiger partial charge in [-0.15, -0.1) is 0 Å². The van der Waals surface area contributed by atoms with Gasteiger partial charge in [0.05, 0.1) is 11.9 Å². The Hall–Kier alpha value is -0.860. The predicted octanol–water partition coefficient (Wildman–Crippen LogP) is 2.25. The number of aryl methyl sites for hydroxylation is 2. The van der Waals surface area contributed by atoms with Crippen LogP contribution in [0.3, 0.4) is 0 Å². The summed E-state index contributed by atoms with van der Waals surface area (Å²) in [6.45, 7) is 2.93. The summed E-state index contributed by atoms with van der Waals surface area (Å²) in [5, 5.41) is 4.15. The van der Waals surface area contributed by atoms with Gasteiger partial charge in [0.1, 0.15) is 6.17 Å². The molecule has 12 heavy (non-hydrogen) atoms. The Bertz CT molecular complexity index is 267. The van der Waals surface area contributed by atoms with E-state index in [-0.39, 0.29) is 0 Å². The van der Waals surface area contributed by atoms with Crippen molar-refractivity contribution in [3.8, 4) is 0 Å². The molecular formula is C9H13FN2. The molecule has 0 bridgehead atoms. The first-order chi connectivity index (χ1) is 5.83. The molecule has 1 aromatic heterocycles. The van der Waals surface area contributed by atoms with E-state index in [2.05, 4.69) is 5.10 Å². The average Bonchev–Trinajstić information content (AvgIpc) is 2.49. The maximum Gasteiger partial charge on any atom is 0.142 e. The van der Waals surface area contributed by atoms with E-state index >= 15 is 0 Å². The molecule has 3 heteroatoms. The Labute approximate surface area is 71.4 Å². The van der Waals surface area contributed by atoms with Crippen molar-refractivity contribution in [2.24, 2.45) is 0 Å². The third-order valence-corrected chi connectivity index (χ3v) is 2.47. The Morgan fingerprint density at radius 1 is 1.75 bits per heavy atom. The molecule has 1 aliphatic rings. The number of aromatic nitrogens is 2. The summed E-state index contributed by atoms with van der Waals surface area (Å²) in [4.78, 5) is 0. The van der Waals surface area contributed by atoms with Gasteiger partial charge in [0, 0.05) is 6.54 Å². The largest absolute Gasteiger partial charge is 0.266 e. The van der Waals surface area contributed by atoms with Crippen LogP contribution in [0.25, 0.3) is 0 Å². The fourth-order valence-electron chi connectivity index (χ4n) is 1.80. The molecule has 2 rings (SSSR count). The Morgan fingerprint density at radius 3 is 3.33 bits per heavy atom. The second-order valence-electron chi connectivity index (χ2n) is 3.24. The maximum atomic E-state index is 13.4. The van der Waals surface area contributed by atoms with Gasteiger partial charge in [-0.2, -0.15) is 5.10 Å². The highest BCUT2D eigenvalue weighted by Gasteiger charge is 2.23. The van der Waals surface area contributed by atoms with Crippen LogP contribution in [0.4, 0.5) is 4.39 Å². The molecule has 0 spiro atoms. The fourth-order valence-corrected chi connectivity index (χ4v) is 1.80. The van der Waals surface area contributed by atoms with Crippen molar-refractivity contribution in [3.05, 3.63) is 17.5 Å². The summed E-state index contributed by atoms with van der Waals surface area (Å²) in [5.41, 5.74) is 1.89. The van der Waals surface area contributed by atoms with Gasteiger partial charge in [0.25, 0.3) is 0 Å². The maximum absolute atomic E-state index is 13.4. The van der Waals surface area contributed by atoms with E-state index in [9.17, 15) is 4.39 Å². The Morgan fingerprint density at radius 2 is 2.58 bits per heavy atom. The van der Waals surface area contributed by atoms with Crippen LogP contribution in [0.1, 0.15) is 37.2 Å². The van der Waals surface area contributed by atoms with Crippen LogP contribution in [-0.4, -0.2) is 9.78 Å². The van der Waals surface area contributed by atoms with Crippen LogP contribution in [0, 0.1) is 0 Å². The average molecular weight is 168 g/mol. The molecule has 1 aliphatic heterocycles. The first-order valence-corrected chi connectivity index (χ1v) is 4.51. The summed E-state index contributed by atoms with van der Waals surface area (Å²) < 4.78 is 15.2. The summed E-state index contributed by atoms with van der Waals surface area (Å²) in [6.07, 6.45) is 3.48. The van der Waals surface area contributed by atoms with E-state index in [1.807, 2.05) is 11.6 Å². The van der Waals surface area contributed by atoms with E-state index in [1.165, 1.54) is 0 Å². The molecule has 0 radical (unpaired) electrons. The van der Waals surface area contributed by atoms with Crippen molar-refractivity contribution in [1.29, 1.82) is 0 Å². The lowest BCUT2D eigenvalue weighted by Gasteiger charge is -2.18. The molecule has 0 fully saturated rings. The van der Waals surface area contributed by atoms with Crippen molar-refractivity contribution in [2.75, 3.05) is 0 Å². The molecule has 66 valence electrons. The van der Waals surface area contributed by atoms with Gasteiger partial charge in [0.2, 0.25) is 0 Å². The van der Waals surface area contributed by atoms with Crippen molar-refractivity contribution in [3.63, 3.8) is 0 Å². The van der Waals surface area contributed by atoms with Crippen LogP contribution >= 0.6 is 0 Å². The van der Waals surface area contributed by atoms with E-state index in [0.29, 0.717) is 6.42 Å². The number of hydrogen-bond donors (Lipinski definition) is 0. The van der Waals surface area contributed by atoms with Gasteiger partial charge >= 0.3 is 0 Å². The topological polar surface area (TPSA) is 17.8 Å². The number of halogens is 1. The molecule has 0 saturated carbocycles. The van der Waals surface area contributed by atoms with Crippen molar-refractivity contribution >= 4 is 0 Å². The van der Waals surface area contributed by atoms with Crippen LogP contribution in [0.15, 0.2) is 6.20 Å². The first kappa shape index (κ1) is 7.77. The fraction of sp³-hybridized carbons (Fsp3) is 0.667. The van der Waals surface area contributed by atoms with E-state index in [1.54, 1.807) is 6.20 Å². The van der Waals surface area contributed by atoms with Gasteiger partial charge in [-0.05, 0) is 24.8 Å². The normalized spacial score (nSPS) is 22.3. The number of alkyl halides is 1. The molecule has 0 aromatic carbocycles. The summed E-state index contributed by atoms with van der Waals surface area (Å²) in [5.74, 6) is 0. The molecule has 0 saturated heterocycles. The van der Waals surface area contributed by atoms with Crippen LogP contribution in [0.2, 0.25) is 0 Å². The van der Waals surface area contributed by atoms with Gasteiger partial charge in [-0.25, -0.2) is 4.39 Å². The minimum atomic E-state index is -0.781. The van der Waals surface area contributed by atoms with Crippen LogP contribution in [-0.2, 0) is 13.0 Å². The first-order valence-electron chi connectivity index (χ1n) is 4.51. The molecule has 1 atom stereocenters. The molecule has 2 heterocycles. The van der Waals surface area contributed by atoms with E-state index < -0.39 is 6.17 Å². The second kappa shape index (κ2) is 2.88. The SMILES string of the molecule is CCc1cnn2c1C(F)CCC2. The lowest BCUT2D eigenvalue weighted by molar-refractivity contribution is 0.258. The molecule has 0 aliphatic carbocycles. The molecule has 2 nitrogen and oxygen atoms in total. The second-order valence-corrected chi connectivity index (χ2v) is 3.24. The number of nitrogens with zero attached hydrogens (tertiary/aromatic N) is 2. The van der Waals surface area contributed by atoms with E-state index in [4.69, 9.17) is 0 Å². The Balaban J connectivity index is 2.43. The number of fused-ring (bicyclic) bond motifs is 1. The zero-order chi connectivity index (χ0) is 8.55. The minimum Gasteiger partial charge on any atom is -0.266 e. The smallest absolute Gasteiger partial charge is 0.142 e. The van der Waals surface area contributed by atoms with E-state index in [0.717, 1.165) is 30.6 Å². The van der Waals surface area contributed by atoms with Crippen molar-refractivity contribution < 1.29 is 4.39 Å². The quantitative estimate of drug-likeness (QED) is 0.628. The number of rotatable bonds is 1. The predicted molar refractivity (Wildman–Crippen MR) is 44.7 cm³/mol. The van der Waals surface area contributed by atoms with Crippen molar-refractivity contribution in [2.45, 2.75) is 38.9 Å². The third-order valence-electron chi connectivity index (χ3n) is 2.47. The summed E-state index contributed by atoms with van der Waals surface area (Å²) in [7, 11) is 0. The highest BCUT2D eigenvalue weighted by Crippen LogP contribution is 2.30. The van der Waals surface area contributed by atoms with Crippen LogP contribution in [0.5, 0.6) is 0 Å². The molecule has 0 amide bonds. The van der Waals surface area contributed by atoms with Gasteiger partial charge in [-0.1, -0.05) is 6.92 Å². The zero-order valence-electron chi connectivity index (χ0n) is 7.26. The lowest BCUT2D eigenvalue weighted by atomic mass is 10.0. The van der Waals surface area contributed by atoms with Crippen LogP contribution < -0.4 is 0 Å². The van der Waals surface area contributed by atoms with Crippen molar-refractivity contribution in [1.82, 2.24) is 9.78 Å². The van der Waals surface area contributed by atoms with Gasteiger partial charge in [0.15, 0.2) is 0 Å². The molecule has 1 aromatic rings. The third kappa shape index (κ3) is 1.04. The number of hydrogen-bond acceptors (Lipinski definition) is 1. The lowest BCUT2D eigenvalue weighted by Crippen LogP contribution is -2.14. The van der Waals surface area contributed by atoms with Gasteiger partial charge in [-0.3, -0.25) is 4.68 Å². The summed E-state index contributed by atoms with van der Waals surface area (Å²) in [6, 6.07) is 0. The monoisotopic (exact) mass is 168 g/mol. The molecule has 0 N–H and O–H groups in total. The molecular weight excluding hydrogens is 155 g/mol. The zero-order valence-corrected chi connectivity index (χ0v) is 7.26. The standard InChI is InChI=1S/C9H13FN2/c1-2-7-6-11-12-5-3-4-8(10)9(7)12/h6,8H,2-5H2,1H3. The summed E-state index contributed by atoms with van der Waals surface area (Å²) >= 11 is 0. The Kier molecular flexibility index (Phi) is 1.87. The highest BCUT2D eigenvalue weighted by atomic mass is 19.1. The molecule has 1 unspecified atom stereocenters.